The molecule has 0 unspecified atom stereocenters. The fourth-order valence-electron chi connectivity index (χ4n) is 4.35. The molecule has 1 nitrogen and oxygen atoms in total. The minimum absolute atomic E-state index is 0.550. The molecule has 1 N–H and O–H groups in total. The van der Waals surface area contributed by atoms with Gasteiger partial charge in [-0.25, -0.2) is 0 Å². The van der Waals surface area contributed by atoms with Gasteiger partial charge in [0.2, 0.25) is 0 Å². The molecular weight excluding hydrogens is 274 g/mol. The Labute approximate surface area is 137 Å². The maximum atomic E-state index is 3.95. The van der Waals surface area contributed by atoms with Gasteiger partial charge in [0.15, 0.2) is 0 Å². The first-order valence-corrected chi connectivity index (χ1v) is 10.5. The van der Waals surface area contributed by atoms with Crippen LogP contribution in [0.3, 0.4) is 0 Å². The Bertz CT molecular complexity index is 299. The van der Waals surface area contributed by atoms with Crippen molar-refractivity contribution < 1.29 is 0 Å². The van der Waals surface area contributed by atoms with Crippen LogP contribution >= 0.6 is 11.8 Å². The first-order valence-electron chi connectivity index (χ1n) is 9.30. The fraction of sp³-hybridized carbons (Fsp3) is 1.00. The second-order valence-corrected chi connectivity index (χ2v) is 9.49. The van der Waals surface area contributed by atoms with Crippen LogP contribution in [0, 0.1) is 11.3 Å². The van der Waals surface area contributed by atoms with Crippen molar-refractivity contribution in [1.29, 1.82) is 0 Å². The van der Waals surface area contributed by atoms with E-state index < -0.39 is 0 Å². The normalized spacial score (nSPS) is 30.3. The summed E-state index contributed by atoms with van der Waals surface area (Å²) in [5.74, 6) is 0.949. The molecule has 0 atom stereocenters. The van der Waals surface area contributed by atoms with Gasteiger partial charge in [-0.05, 0) is 56.1 Å². The highest BCUT2D eigenvalue weighted by Crippen LogP contribution is 2.41. The average molecular weight is 312 g/mol. The molecule has 0 amide bonds. The minimum Gasteiger partial charge on any atom is -0.313 e. The molecule has 0 aromatic heterocycles. The molecule has 0 radical (unpaired) electrons. The smallest absolute Gasteiger partial charge is 0.0281 e. The van der Waals surface area contributed by atoms with Crippen molar-refractivity contribution in [3.05, 3.63) is 0 Å². The van der Waals surface area contributed by atoms with Gasteiger partial charge in [0.1, 0.15) is 0 Å². The van der Waals surface area contributed by atoms with E-state index in [-0.39, 0.29) is 0 Å². The lowest BCUT2D eigenvalue weighted by atomic mass is 9.69. The highest BCUT2D eigenvalue weighted by Gasteiger charge is 2.34. The van der Waals surface area contributed by atoms with Gasteiger partial charge in [0.05, 0.1) is 0 Å². The van der Waals surface area contributed by atoms with Gasteiger partial charge in [-0.1, -0.05) is 46.5 Å². The van der Waals surface area contributed by atoms with Gasteiger partial charge < -0.3 is 5.32 Å². The van der Waals surface area contributed by atoms with Crippen LogP contribution < -0.4 is 5.32 Å². The monoisotopic (exact) mass is 311 g/mol. The molecule has 2 heteroatoms. The third kappa shape index (κ3) is 4.64. The second kappa shape index (κ2) is 7.73. The van der Waals surface area contributed by atoms with E-state index in [0.29, 0.717) is 10.2 Å². The molecule has 2 fully saturated rings. The zero-order valence-electron chi connectivity index (χ0n) is 14.8. The predicted molar refractivity (Wildman–Crippen MR) is 97.2 cm³/mol. The third-order valence-electron chi connectivity index (χ3n) is 6.65. The molecule has 21 heavy (non-hydrogen) atoms. The lowest BCUT2D eigenvalue weighted by Crippen LogP contribution is -2.45. The van der Waals surface area contributed by atoms with Crippen LogP contribution in [0.4, 0.5) is 0 Å². The highest BCUT2D eigenvalue weighted by molar-refractivity contribution is 8.00. The van der Waals surface area contributed by atoms with Crippen molar-refractivity contribution in [2.45, 2.75) is 95.8 Å². The molecule has 0 aromatic rings. The minimum atomic E-state index is 0.550. The first-order chi connectivity index (χ1) is 10.0. The van der Waals surface area contributed by atoms with Crippen molar-refractivity contribution in [1.82, 2.24) is 5.32 Å². The van der Waals surface area contributed by atoms with Crippen molar-refractivity contribution in [3.63, 3.8) is 0 Å². The van der Waals surface area contributed by atoms with E-state index >= 15 is 0 Å². The summed E-state index contributed by atoms with van der Waals surface area (Å²) < 4.78 is 0.553. The molecule has 0 heterocycles. The Hall–Kier alpha value is 0.310. The number of nitrogens with one attached hydrogen (secondary N) is 1. The van der Waals surface area contributed by atoms with Crippen molar-refractivity contribution in [2.24, 2.45) is 11.3 Å². The second-order valence-electron chi connectivity index (χ2n) is 8.22. The summed E-state index contributed by atoms with van der Waals surface area (Å²) in [6, 6.07) is 0.792. The van der Waals surface area contributed by atoms with Gasteiger partial charge in [0, 0.05) is 17.3 Å². The van der Waals surface area contributed by atoms with Crippen LogP contribution in [-0.4, -0.2) is 23.6 Å². The number of hydrogen-bond donors (Lipinski definition) is 1. The zero-order chi connectivity index (χ0) is 15.3. The van der Waals surface area contributed by atoms with E-state index in [9.17, 15) is 0 Å². The van der Waals surface area contributed by atoms with Gasteiger partial charge in [-0.3, -0.25) is 0 Å². The Morgan fingerprint density at radius 1 is 1.05 bits per heavy atom. The average Bonchev–Trinajstić information content (AvgIpc) is 2.54. The molecule has 124 valence electrons. The quantitative estimate of drug-likeness (QED) is 0.681. The first kappa shape index (κ1) is 17.7. The zero-order valence-corrected chi connectivity index (χ0v) is 15.7. The molecular formula is C19H37NS. The van der Waals surface area contributed by atoms with Gasteiger partial charge in [-0.2, -0.15) is 11.8 Å². The lowest BCUT2D eigenvalue weighted by Gasteiger charge is -2.41. The van der Waals surface area contributed by atoms with Crippen LogP contribution in [-0.2, 0) is 0 Å². The standard InChI is InChI=1S/C19H37NS/c1-5-18(2,3)16-9-11-17(12-10-16)20-15-19(21-4)13-7-6-8-14-19/h16-17,20H,5-15H2,1-4H3. The maximum absolute atomic E-state index is 3.95. The summed E-state index contributed by atoms with van der Waals surface area (Å²) in [6.45, 7) is 8.54. The summed E-state index contributed by atoms with van der Waals surface area (Å²) in [4.78, 5) is 0. The summed E-state index contributed by atoms with van der Waals surface area (Å²) in [6.07, 6.45) is 16.5. The molecule has 2 rings (SSSR count). The Morgan fingerprint density at radius 2 is 1.67 bits per heavy atom. The number of hydrogen-bond acceptors (Lipinski definition) is 2. The van der Waals surface area contributed by atoms with Gasteiger partial charge >= 0.3 is 0 Å². The fourth-order valence-corrected chi connectivity index (χ4v) is 5.27. The molecule has 0 bridgehead atoms. The molecule has 0 spiro atoms. The lowest BCUT2D eigenvalue weighted by molar-refractivity contribution is 0.136. The van der Waals surface area contributed by atoms with E-state index in [2.05, 4.69) is 44.1 Å². The molecule has 0 aromatic carbocycles. The molecule has 2 aliphatic rings. The van der Waals surface area contributed by atoms with Crippen LogP contribution in [0.15, 0.2) is 0 Å². The Morgan fingerprint density at radius 3 is 2.19 bits per heavy atom. The summed E-state index contributed by atoms with van der Waals surface area (Å²) in [7, 11) is 0. The number of thioether (sulfide) groups is 1. The van der Waals surface area contributed by atoms with E-state index in [1.54, 1.807) is 0 Å². The van der Waals surface area contributed by atoms with Gasteiger partial charge in [-0.15, -0.1) is 0 Å². The Balaban J connectivity index is 1.76. The molecule has 2 saturated carbocycles. The Kier molecular flexibility index (Phi) is 6.50. The van der Waals surface area contributed by atoms with Gasteiger partial charge in [0.25, 0.3) is 0 Å². The maximum Gasteiger partial charge on any atom is 0.0281 e. The summed E-state index contributed by atoms with van der Waals surface area (Å²) in [5, 5.41) is 3.95. The van der Waals surface area contributed by atoms with Crippen LogP contribution in [0.5, 0.6) is 0 Å². The summed E-state index contributed by atoms with van der Waals surface area (Å²) >= 11 is 2.13. The van der Waals surface area contributed by atoms with Crippen LogP contribution in [0.1, 0.15) is 85.0 Å². The van der Waals surface area contributed by atoms with E-state index in [4.69, 9.17) is 0 Å². The van der Waals surface area contributed by atoms with Crippen LogP contribution in [0.2, 0.25) is 0 Å². The van der Waals surface area contributed by atoms with Crippen molar-refractivity contribution in [2.75, 3.05) is 12.8 Å². The van der Waals surface area contributed by atoms with Crippen LogP contribution in [0.25, 0.3) is 0 Å². The molecule has 2 aliphatic carbocycles. The van der Waals surface area contributed by atoms with Crippen molar-refractivity contribution >= 4 is 11.8 Å². The van der Waals surface area contributed by atoms with E-state index in [1.165, 1.54) is 70.8 Å². The highest BCUT2D eigenvalue weighted by atomic mass is 32.2. The molecule has 0 saturated heterocycles. The van der Waals surface area contributed by atoms with Crippen molar-refractivity contribution in [3.8, 4) is 0 Å². The third-order valence-corrected chi connectivity index (χ3v) is 8.07. The predicted octanol–water partition coefficient (Wildman–Crippen LogP) is 5.64. The van der Waals surface area contributed by atoms with E-state index in [0.717, 1.165) is 12.0 Å². The molecule has 0 aliphatic heterocycles. The topological polar surface area (TPSA) is 12.0 Å². The van der Waals surface area contributed by atoms with E-state index in [1.807, 2.05) is 0 Å². The SMILES string of the molecule is CCC(C)(C)C1CCC(NCC2(SC)CCCCC2)CC1. The number of rotatable bonds is 6. The largest absolute Gasteiger partial charge is 0.313 e. The summed E-state index contributed by atoms with van der Waals surface area (Å²) in [5.41, 5.74) is 0.550.